The Bertz CT molecular complexity index is 869. The average molecular weight is 323 g/mol. The van der Waals surface area contributed by atoms with Crippen LogP contribution in [0.5, 0.6) is 0 Å². The molecule has 122 valence electrons. The number of anilines is 1. The first-order chi connectivity index (χ1) is 11.7. The number of carbonyl (C=O) groups is 2. The van der Waals surface area contributed by atoms with E-state index in [1.807, 2.05) is 24.3 Å². The summed E-state index contributed by atoms with van der Waals surface area (Å²) in [7, 11) is 0. The van der Waals surface area contributed by atoms with Crippen molar-refractivity contribution >= 4 is 28.5 Å². The van der Waals surface area contributed by atoms with E-state index in [1.165, 1.54) is 0 Å². The van der Waals surface area contributed by atoms with Crippen molar-refractivity contribution in [3.63, 3.8) is 0 Å². The Balaban J connectivity index is 1.65. The van der Waals surface area contributed by atoms with E-state index in [0.717, 1.165) is 10.9 Å². The van der Waals surface area contributed by atoms with E-state index in [9.17, 15) is 9.59 Å². The van der Waals surface area contributed by atoms with E-state index in [2.05, 4.69) is 10.4 Å². The monoisotopic (exact) mass is 323 g/mol. The molecule has 24 heavy (non-hydrogen) atoms. The molecule has 0 unspecified atom stereocenters. The van der Waals surface area contributed by atoms with E-state index in [1.54, 1.807) is 42.1 Å². The largest absolute Gasteiger partial charge is 0.462 e. The van der Waals surface area contributed by atoms with E-state index in [4.69, 9.17) is 4.74 Å². The summed E-state index contributed by atoms with van der Waals surface area (Å²) < 4.78 is 6.57. The highest BCUT2D eigenvalue weighted by molar-refractivity contribution is 5.93. The van der Waals surface area contributed by atoms with Crippen molar-refractivity contribution in [3.05, 3.63) is 60.3 Å². The molecule has 0 fully saturated rings. The molecule has 3 rings (SSSR count). The number of para-hydroxylation sites is 1. The second-order valence-electron chi connectivity index (χ2n) is 5.21. The third-order valence-electron chi connectivity index (χ3n) is 3.52. The molecule has 0 aliphatic carbocycles. The number of nitrogens with zero attached hydrogens (tertiary/aromatic N) is 2. The van der Waals surface area contributed by atoms with Gasteiger partial charge in [-0.2, -0.15) is 5.10 Å². The van der Waals surface area contributed by atoms with Crippen LogP contribution in [0.2, 0.25) is 0 Å². The average Bonchev–Trinajstić information content (AvgIpc) is 2.99. The van der Waals surface area contributed by atoms with Crippen LogP contribution in [0.1, 0.15) is 17.3 Å². The van der Waals surface area contributed by atoms with Gasteiger partial charge in [0.15, 0.2) is 0 Å². The van der Waals surface area contributed by atoms with Crippen molar-refractivity contribution in [2.45, 2.75) is 13.5 Å². The summed E-state index contributed by atoms with van der Waals surface area (Å²) in [5, 5.41) is 8.01. The normalized spacial score (nSPS) is 10.5. The molecule has 1 amide bonds. The predicted octanol–water partition coefficient (Wildman–Crippen LogP) is 2.85. The number of esters is 1. The van der Waals surface area contributed by atoms with Gasteiger partial charge in [0.05, 0.1) is 23.9 Å². The number of carbonyl (C=O) groups excluding carboxylic acids is 2. The summed E-state index contributed by atoms with van der Waals surface area (Å²) in [6, 6.07) is 14.3. The zero-order chi connectivity index (χ0) is 16.9. The highest BCUT2D eigenvalue weighted by Gasteiger charge is 2.09. The highest BCUT2D eigenvalue weighted by atomic mass is 16.5. The molecule has 6 nitrogen and oxygen atoms in total. The van der Waals surface area contributed by atoms with E-state index >= 15 is 0 Å². The van der Waals surface area contributed by atoms with Gasteiger partial charge in [0.25, 0.3) is 0 Å². The number of amides is 1. The minimum absolute atomic E-state index is 0.118. The maximum Gasteiger partial charge on any atom is 0.338 e. The number of ether oxygens (including phenoxy) is 1. The number of nitrogens with one attached hydrogen (secondary N) is 1. The molecule has 6 heteroatoms. The standard InChI is InChI=1S/C18H17N3O3/c1-2-24-18(23)13-7-9-15(10-8-13)20-17(22)12-21-16-6-4-3-5-14(16)11-19-21/h3-11H,2,12H2,1H3,(H,20,22). The molecule has 3 aromatic rings. The van der Waals surface area contributed by atoms with Gasteiger partial charge < -0.3 is 10.1 Å². The van der Waals surface area contributed by atoms with Crippen LogP contribution in [0.15, 0.2) is 54.7 Å². The van der Waals surface area contributed by atoms with Gasteiger partial charge in [-0.05, 0) is 37.3 Å². The van der Waals surface area contributed by atoms with Gasteiger partial charge in [-0.15, -0.1) is 0 Å². The molecule has 0 aliphatic heterocycles. The molecule has 1 N–H and O–H groups in total. The van der Waals surface area contributed by atoms with E-state index in [0.29, 0.717) is 17.9 Å². The Kier molecular flexibility index (Phi) is 4.56. The van der Waals surface area contributed by atoms with Crippen molar-refractivity contribution in [1.29, 1.82) is 0 Å². The molecule has 0 atom stereocenters. The Morgan fingerprint density at radius 3 is 2.62 bits per heavy atom. The molecular weight excluding hydrogens is 306 g/mol. The number of hydrogen-bond acceptors (Lipinski definition) is 4. The summed E-state index contributed by atoms with van der Waals surface area (Å²) >= 11 is 0. The Morgan fingerprint density at radius 2 is 1.88 bits per heavy atom. The lowest BCUT2D eigenvalue weighted by molar-refractivity contribution is -0.116. The van der Waals surface area contributed by atoms with Crippen molar-refractivity contribution in [2.75, 3.05) is 11.9 Å². The smallest absolute Gasteiger partial charge is 0.338 e. The molecule has 1 aromatic heterocycles. The summed E-state index contributed by atoms with van der Waals surface area (Å²) in [6.45, 7) is 2.20. The van der Waals surface area contributed by atoms with Crippen LogP contribution >= 0.6 is 0 Å². The highest BCUT2D eigenvalue weighted by Crippen LogP contribution is 2.14. The fourth-order valence-corrected chi connectivity index (χ4v) is 2.39. The van der Waals surface area contributed by atoms with Crippen LogP contribution in [-0.4, -0.2) is 28.3 Å². The van der Waals surface area contributed by atoms with Crippen LogP contribution in [-0.2, 0) is 16.1 Å². The number of rotatable bonds is 5. The number of benzene rings is 2. The van der Waals surface area contributed by atoms with Crippen molar-refractivity contribution < 1.29 is 14.3 Å². The van der Waals surface area contributed by atoms with Crippen LogP contribution < -0.4 is 5.32 Å². The lowest BCUT2D eigenvalue weighted by Crippen LogP contribution is -2.19. The third kappa shape index (κ3) is 3.43. The zero-order valence-electron chi connectivity index (χ0n) is 13.2. The maximum absolute atomic E-state index is 12.2. The first kappa shape index (κ1) is 15.7. The molecule has 2 aromatic carbocycles. The second-order valence-corrected chi connectivity index (χ2v) is 5.21. The van der Waals surface area contributed by atoms with Crippen molar-refractivity contribution in [3.8, 4) is 0 Å². The minimum atomic E-state index is -0.376. The Hall–Kier alpha value is -3.15. The first-order valence-electron chi connectivity index (χ1n) is 7.65. The van der Waals surface area contributed by atoms with Gasteiger partial charge in [0.2, 0.25) is 5.91 Å². The summed E-state index contributed by atoms with van der Waals surface area (Å²) in [5.41, 5.74) is 1.97. The minimum Gasteiger partial charge on any atom is -0.462 e. The molecule has 0 saturated carbocycles. The van der Waals surface area contributed by atoms with Crippen LogP contribution in [0.25, 0.3) is 10.9 Å². The zero-order valence-corrected chi connectivity index (χ0v) is 13.2. The number of aromatic nitrogens is 2. The Morgan fingerprint density at radius 1 is 1.12 bits per heavy atom. The van der Waals surface area contributed by atoms with Crippen LogP contribution in [0, 0.1) is 0 Å². The summed E-state index contributed by atoms with van der Waals surface area (Å²) in [4.78, 5) is 23.8. The fraction of sp³-hybridized carbons (Fsp3) is 0.167. The lowest BCUT2D eigenvalue weighted by Gasteiger charge is -2.07. The molecule has 0 bridgehead atoms. The van der Waals surface area contributed by atoms with E-state index < -0.39 is 0 Å². The molecule has 0 saturated heterocycles. The predicted molar refractivity (Wildman–Crippen MR) is 90.8 cm³/mol. The van der Waals surface area contributed by atoms with Gasteiger partial charge in [-0.3, -0.25) is 9.48 Å². The van der Waals surface area contributed by atoms with E-state index in [-0.39, 0.29) is 18.4 Å². The summed E-state index contributed by atoms with van der Waals surface area (Å²) in [6.07, 6.45) is 1.73. The van der Waals surface area contributed by atoms with Crippen LogP contribution in [0.3, 0.4) is 0 Å². The van der Waals surface area contributed by atoms with Gasteiger partial charge in [0, 0.05) is 11.1 Å². The Labute approximate surface area is 139 Å². The summed E-state index contributed by atoms with van der Waals surface area (Å²) in [5.74, 6) is -0.564. The first-order valence-corrected chi connectivity index (χ1v) is 7.65. The van der Waals surface area contributed by atoms with Crippen molar-refractivity contribution in [2.24, 2.45) is 0 Å². The molecular formula is C18H17N3O3. The van der Waals surface area contributed by atoms with Gasteiger partial charge in [-0.25, -0.2) is 4.79 Å². The van der Waals surface area contributed by atoms with Crippen LogP contribution in [0.4, 0.5) is 5.69 Å². The van der Waals surface area contributed by atoms with Gasteiger partial charge >= 0.3 is 5.97 Å². The maximum atomic E-state index is 12.2. The third-order valence-corrected chi connectivity index (χ3v) is 3.52. The second kappa shape index (κ2) is 6.95. The van der Waals surface area contributed by atoms with Gasteiger partial charge in [0.1, 0.15) is 6.54 Å². The molecule has 0 aliphatic rings. The lowest BCUT2D eigenvalue weighted by atomic mass is 10.2. The molecule has 1 heterocycles. The topological polar surface area (TPSA) is 73.2 Å². The van der Waals surface area contributed by atoms with Gasteiger partial charge in [-0.1, -0.05) is 18.2 Å². The quantitative estimate of drug-likeness (QED) is 0.733. The SMILES string of the molecule is CCOC(=O)c1ccc(NC(=O)Cn2ncc3ccccc32)cc1. The molecule has 0 spiro atoms. The van der Waals surface area contributed by atoms with Crippen molar-refractivity contribution in [1.82, 2.24) is 9.78 Å². The number of fused-ring (bicyclic) bond motifs is 1. The number of hydrogen-bond donors (Lipinski definition) is 1. The molecule has 0 radical (unpaired) electrons. The fourth-order valence-electron chi connectivity index (χ4n) is 2.39.